The summed E-state index contributed by atoms with van der Waals surface area (Å²) in [4.78, 5) is 0. The number of rotatable bonds is 10. The lowest BCUT2D eigenvalue weighted by Crippen LogP contribution is -2.10. The van der Waals surface area contributed by atoms with Crippen molar-refractivity contribution in [1.82, 2.24) is 5.32 Å². The van der Waals surface area contributed by atoms with Crippen molar-refractivity contribution in [3.8, 4) is 0 Å². The van der Waals surface area contributed by atoms with Crippen LogP contribution in [-0.2, 0) is 22.6 Å². The first kappa shape index (κ1) is 15.2. The maximum Gasteiger partial charge on any atom is 0.129 e. The molecule has 0 amide bonds. The minimum Gasteiger partial charge on any atom is -0.462 e. The summed E-state index contributed by atoms with van der Waals surface area (Å²) in [6.07, 6.45) is 0. The van der Waals surface area contributed by atoms with Crippen LogP contribution in [-0.4, -0.2) is 26.4 Å². The van der Waals surface area contributed by atoms with Crippen molar-refractivity contribution in [1.29, 1.82) is 0 Å². The monoisotopic (exact) mass is 255 g/mol. The van der Waals surface area contributed by atoms with E-state index in [0.29, 0.717) is 25.7 Å². The summed E-state index contributed by atoms with van der Waals surface area (Å²) in [5, 5.41) is 3.22. The molecule has 0 fully saturated rings. The number of furan rings is 1. The minimum atomic E-state index is 0.511. The highest BCUT2D eigenvalue weighted by Gasteiger charge is 2.01. The fourth-order valence-electron chi connectivity index (χ4n) is 1.45. The van der Waals surface area contributed by atoms with Crippen LogP contribution in [0.4, 0.5) is 0 Å². The first-order valence-corrected chi connectivity index (χ1v) is 6.66. The van der Waals surface area contributed by atoms with E-state index in [0.717, 1.165) is 31.2 Å². The van der Waals surface area contributed by atoms with Gasteiger partial charge in [-0.05, 0) is 24.6 Å². The predicted molar refractivity (Wildman–Crippen MR) is 71.4 cm³/mol. The molecule has 0 spiro atoms. The van der Waals surface area contributed by atoms with Crippen molar-refractivity contribution < 1.29 is 13.9 Å². The standard InChI is InChI=1S/C14H25NO3/c1-4-15-9-13-5-6-14(18-13)11-17-8-7-16-10-12(2)3/h5-6,12,15H,4,7-11H2,1-3H3. The molecular weight excluding hydrogens is 230 g/mol. The number of ether oxygens (including phenoxy) is 2. The third-order valence-corrected chi connectivity index (χ3v) is 2.33. The van der Waals surface area contributed by atoms with Crippen LogP contribution in [0.25, 0.3) is 0 Å². The molecule has 104 valence electrons. The van der Waals surface area contributed by atoms with Gasteiger partial charge in [0.05, 0.1) is 19.8 Å². The predicted octanol–water partition coefficient (Wildman–Crippen LogP) is 2.58. The summed E-state index contributed by atoms with van der Waals surface area (Å²) in [6.45, 7) is 10.6. The summed E-state index contributed by atoms with van der Waals surface area (Å²) in [6, 6.07) is 3.94. The van der Waals surface area contributed by atoms with E-state index in [1.54, 1.807) is 0 Å². The molecule has 1 heterocycles. The van der Waals surface area contributed by atoms with Crippen molar-refractivity contribution >= 4 is 0 Å². The fraction of sp³-hybridized carbons (Fsp3) is 0.714. The Hall–Kier alpha value is -0.840. The average molecular weight is 255 g/mol. The maximum atomic E-state index is 5.60. The molecule has 0 atom stereocenters. The second kappa shape index (κ2) is 9.14. The van der Waals surface area contributed by atoms with E-state index in [4.69, 9.17) is 13.9 Å². The van der Waals surface area contributed by atoms with Crippen molar-refractivity contribution in [2.45, 2.75) is 33.9 Å². The van der Waals surface area contributed by atoms with E-state index < -0.39 is 0 Å². The lowest BCUT2D eigenvalue weighted by atomic mass is 10.2. The van der Waals surface area contributed by atoms with Crippen LogP contribution < -0.4 is 5.32 Å². The molecule has 0 aliphatic carbocycles. The van der Waals surface area contributed by atoms with Gasteiger partial charge in [0.1, 0.15) is 18.1 Å². The molecule has 4 nitrogen and oxygen atoms in total. The average Bonchev–Trinajstić information content (AvgIpc) is 2.78. The third-order valence-electron chi connectivity index (χ3n) is 2.33. The normalized spacial score (nSPS) is 11.3. The molecule has 0 saturated heterocycles. The molecule has 0 bridgehead atoms. The molecule has 18 heavy (non-hydrogen) atoms. The second-order valence-corrected chi connectivity index (χ2v) is 4.67. The van der Waals surface area contributed by atoms with Gasteiger partial charge in [-0.2, -0.15) is 0 Å². The van der Waals surface area contributed by atoms with Gasteiger partial charge >= 0.3 is 0 Å². The van der Waals surface area contributed by atoms with Crippen molar-refractivity contribution in [3.05, 3.63) is 23.7 Å². The van der Waals surface area contributed by atoms with Crippen LogP contribution in [0, 0.1) is 5.92 Å². The van der Waals surface area contributed by atoms with Gasteiger partial charge in [0.2, 0.25) is 0 Å². The lowest BCUT2D eigenvalue weighted by molar-refractivity contribution is 0.0261. The topological polar surface area (TPSA) is 43.6 Å². The second-order valence-electron chi connectivity index (χ2n) is 4.67. The molecular formula is C14H25NO3. The molecule has 0 saturated carbocycles. The minimum absolute atomic E-state index is 0.511. The molecule has 0 aromatic carbocycles. The quantitative estimate of drug-likeness (QED) is 0.653. The summed E-state index contributed by atoms with van der Waals surface area (Å²) < 4.78 is 16.5. The highest BCUT2D eigenvalue weighted by atomic mass is 16.5. The molecule has 0 radical (unpaired) electrons. The Morgan fingerprint density at radius 1 is 1.17 bits per heavy atom. The van der Waals surface area contributed by atoms with E-state index in [2.05, 4.69) is 26.1 Å². The number of hydrogen-bond donors (Lipinski definition) is 1. The molecule has 0 unspecified atom stereocenters. The zero-order chi connectivity index (χ0) is 13.2. The summed E-state index contributed by atoms with van der Waals surface area (Å²) in [5.74, 6) is 2.39. The lowest BCUT2D eigenvalue weighted by Gasteiger charge is -2.06. The van der Waals surface area contributed by atoms with Crippen LogP contribution >= 0.6 is 0 Å². The van der Waals surface area contributed by atoms with Crippen LogP contribution in [0.15, 0.2) is 16.5 Å². The number of hydrogen-bond acceptors (Lipinski definition) is 4. The fourth-order valence-corrected chi connectivity index (χ4v) is 1.45. The van der Waals surface area contributed by atoms with Gasteiger partial charge < -0.3 is 19.2 Å². The highest BCUT2D eigenvalue weighted by molar-refractivity contribution is 5.06. The van der Waals surface area contributed by atoms with Gasteiger partial charge in [0.25, 0.3) is 0 Å². The van der Waals surface area contributed by atoms with E-state index in [9.17, 15) is 0 Å². The maximum absolute atomic E-state index is 5.60. The molecule has 0 aliphatic rings. The largest absolute Gasteiger partial charge is 0.462 e. The Labute approximate surface area is 110 Å². The van der Waals surface area contributed by atoms with Crippen molar-refractivity contribution in [3.63, 3.8) is 0 Å². The summed E-state index contributed by atoms with van der Waals surface area (Å²) >= 11 is 0. The smallest absolute Gasteiger partial charge is 0.129 e. The van der Waals surface area contributed by atoms with Crippen LogP contribution in [0.1, 0.15) is 32.3 Å². The molecule has 1 aromatic heterocycles. The van der Waals surface area contributed by atoms with Gasteiger partial charge in [-0.15, -0.1) is 0 Å². The molecule has 1 rings (SSSR count). The van der Waals surface area contributed by atoms with E-state index in [1.807, 2.05) is 12.1 Å². The van der Waals surface area contributed by atoms with Gasteiger partial charge in [-0.25, -0.2) is 0 Å². The van der Waals surface area contributed by atoms with E-state index >= 15 is 0 Å². The van der Waals surface area contributed by atoms with Crippen molar-refractivity contribution in [2.75, 3.05) is 26.4 Å². The van der Waals surface area contributed by atoms with E-state index in [-0.39, 0.29) is 0 Å². The first-order valence-electron chi connectivity index (χ1n) is 6.66. The van der Waals surface area contributed by atoms with Gasteiger partial charge in [-0.1, -0.05) is 20.8 Å². The van der Waals surface area contributed by atoms with E-state index in [1.165, 1.54) is 0 Å². The Morgan fingerprint density at radius 3 is 2.61 bits per heavy atom. The Kier molecular flexibility index (Phi) is 7.73. The molecule has 0 aliphatic heterocycles. The SMILES string of the molecule is CCNCc1ccc(COCCOCC(C)C)o1. The summed E-state index contributed by atoms with van der Waals surface area (Å²) in [5.41, 5.74) is 0. The third kappa shape index (κ3) is 6.79. The van der Waals surface area contributed by atoms with Crippen molar-refractivity contribution in [2.24, 2.45) is 5.92 Å². The van der Waals surface area contributed by atoms with Crippen LogP contribution in [0.3, 0.4) is 0 Å². The summed E-state index contributed by atoms with van der Waals surface area (Å²) in [7, 11) is 0. The molecule has 1 N–H and O–H groups in total. The Balaban J connectivity index is 2.06. The zero-order valence-electron chi connectivity index (χ0n) is 11.7. The Morgan fingerprint density at radius 2 is 1.89 bits per heavy atom. The van der Waals surface area contributed by atoms with Gasteiger partial charge in [0, 0.05) is 6.61 Å². The van der Waals surface area contributed by atoms with Gasteiger partial charge in [0.15, 0.2) is 0 Å². The number of nitrogens with one attached hydrogen (secondary N) is 1. The Bertz CT molecular complexity index is 310. The highest BCUT2D eigenvalue weighted by Crippen LogP contribution is 2.08. The first-order chi connectivity index (χ1) is 8.72. The van der Waals surface area contributed by atoms with Crippen LogP contribution in [0.2, 0.25) is 0 Å². The van der Waals surface area contributed by atoms with Crippen LogP contribution in [0.5, 0.6) is 0 Å². The molecule has 1 aromatic rings. The zero-order valence-corrected chi connectivity index (χ0v) is 11.7. The molecule has 4 heteroatoms. The van der Waals surface area contributed by atoms with Gasteiger partial charge in [-0.3, -0.25) is 0 Å².